The Balaban J connectivity index is 1.24. The van der Waals surface area contributed by atoms with Crippen molar-refractivity contribution in [3.05, 3.63) is 52.2 Å². The highest BCUT2D eigenvalue weighted by Gasteiger charge is 2.34. The van der Waals surface area contributed by atoms with E-state index in [9.17, 15) is 14.4 Å². The molecule has 0 bridgehead atoms. The Bertz CT molecular complexity index is 1100. The number of nitrogens with zero attached hydrogens (tertiary/aromatic N) is 4. The van der Waals surface area contributed by atoms with E-state index in [2.05, 4.69) is 21.7 Å². The van der Waals surface area contributed by atoms with Crippen molar-refractivity contribution < 1.29 is 23.9 Å². The maximum atomic E-state index is 12.5. The molecule has 10 nitrogen and oxygen atoms in total. The summed E-state index contributed by atoms with van der Waals surface area (Å²) in [7, 11) is 0. The van der Waals surface area contributed by atoms with E-state index >= 15 is 0 Å². The number of ether oxygens (including phenoxy) is 2. The lowest BCUT2D eigenvalue weighted by Gasteiger charge is -2.34. The number of benzene rings is 1. The van der Waals surface area contributed by atoms with E-state index in [0.29, 0.717) is 42.4 Å². The zero-order valence-electron chi connectivity index (χ0n) is 21.0. The van der Waals surface area contributed by atoms with Crippen molar-refractivity contribution >= 4 is 40.8 Å². The Morgan fingerprint density at radius 3 is 2.54 bits per heavy atom. The minimum absolute atomic E-state index is 0.125. The van der Waals surface area contributed by atoms with Crippen LogP contribution in [0.2, 0.25) is 0 Å². The number of amides is 2. The Morgan fingerprint density at radius 2 is 1.86 bits per heavy atom. The van der Waals surface area contributed by atoms with Gasteiger partial charge in [-0.15, -0.1) is 11.3 Å². The van der Waals surface area contributed by atoms with E-state index in [1.165, 1.54) is 11.3 Å². The highest BCUT2D eigenvalue weighted by molar-refractivity contribution is 7.12. The lowest BCUT2D eigenvalue weighted by atomic mass is 10.1. The van der Waals surface area contributed by atoms with Crippen molar-refractivity contribution in [2.24, 2.45) is 10.7 Å². The molecule has 2 aromatic rings. The number of anilines is 1. The van der Waals surface area contributed by atoms with Gasteiger partial charge in [-0.25, -0.2) is 4.79 Å². The van der Waals surface area contributed by atoms with Crippen LogP contribution in [-0.4, -0.2) is 92.1 Å². The maximum absolute atomic E-state index is 12.5. The molecule has 0 saturated carbocycles. The Hall–Kier alpha value is -3.28. The molecule has 2 N–H and O–H groups in total. The molecule has 2 amide bonds. The summed E-state index contributed by atoms with van der Waals surface area (Å²) in [4.78, 5) is 47.1. The molecular formula is C26H33N5O5S. The van der Waals surface area contributed by atoms with Crippen LogP contribution in [0, 0.1) is 0 Å². The molecule has 0 radical (unpaired) electrons. The van der Waals surface area contributed by atoms with Crippen molar-refractivity contribution in [2.75, 3.05) is 57.3 Å². The van der Waals surface area contributed by atoms with Crippen LogP contribution >= 0.6 is 11.3 Å². The zero-order valence-corrected chi connectivity index (χ0v) is 21.8. The fourth-order valence-electron chi connectivity index (χ4n) is 4.25. The topological polar surface area (TPSA) is 118 Å². The largest absolute Gasteiger partial charge is 0.465 e. The van der Waals surface area contributed by atoms with Crippen molar-refractivity contribution in [3.63, 3.8) is 0 Å². The molecule has 0 spiro atoms. The first-order chi connectivity index (χ1) is 17.9. The summed E-state index contributed by atoms with van der Waals surface area (Å²) >= 11 is 1.31. The van der Waals surface area contributed by atoms with E-state index < -0.39 is 0 Å². The van der Waals surface area contributed by atoms with Crippen LogP contribution < -0.4 is 10.6 Å². The predicted molar refractivity (Wildman–Crippen MR) is 142 cm³/mol. The van der Waals surface area contributed by atoms with Crippen LogP contribution in [0.1, 0.15) is 35.0 Å². The van der Waals surface area contributed by atoms with Gasteiger partial charge in [0.15, 0.2) is 0 Å². The van der Waals surface area contributed by atoms with Crippen LogP contribution in [0.4, 0.5) is 10.5 Å². The number of rotatable bonds is 10. The number of thiophene rings is 1. The quantitative estimate of drug-likeness (QED) is 0.217. The van der Waals surface area contributed by atoms with Crippen LogP contribution in [-0.2, 0) is 14.3 Å². The lowest BCUT2D eigenvalue weighted by Crippen LogP contribution is -2.50. The molecule has 1 unspecified atom stereocenters. The van der Waals surface area contributed by atoms with E-state index in [1.54, 1.807) is 41.3 Å². The summed E-state index contributed by atoms with van der Waals surface area (Å²) in [6.45, 7) is 7.09. The number of amidine groups is 1. The van der Waals surface area contributed by atoms with E-state index in [4.69, 9.17) is 15.2 Å². The molecule has 1 aromatic carbocycles. The lowest BCUT2D eigenvalue weighted by molar-refractivity contribution is -0.145. The number of hydrogen-bond acceptors (Lipinski definition) is 8. The fraction of sp³-hybridized carbons (Fsp3) is 0.462. The second-order valence-electron chi connectivity index (χ2n) is 9.09. The molecule has 4 rings (SSSR count). The standard InChI is InChI=1S/C26H33N5O5S/c1-2-3-14-35-23(32)18-30-12-10-29(11-13-30)16-21-17-31(26(34)36-21)20-8-6-19(7-9-20)24(27)28-25(33)22-5-4-15-37-22/h4-9,15,21H,2-3,10-14,16-18H2,1H3,(H2,27,28,33). The molecule has 1 atom stereocenters. The summed E-state index contributed by atoms with van der Waals surface area (Å²) < 4.78 is 10.9. The third-order valence-electron chi connectivity index (χ3n) is 6.34. The first kappa shape index (κ1) is 26.8. The number of nitrogens with two attached hydrogens (primary N) is 1. The predicted octanol–water partition coefficient (Wildman–Crippen LogP) is 2.58. The van der Waals surface area contributed by atoms with Crippen LogP contribution in [0.25, 0.3) is 0 Å². The van der Waals surface area contributed by atoms with Gasteiger partial charge in [0.1, 0.15) is 11.9 Å². The molecule has 198 valence electrons. The molecule has 0 aliphatic carbocycles. The Labute approximate surface area is 220 Å². The third-order valence-corrected chi connectivity index (χ3v) is 7.20. The molecule has 2 saturated heterocycles. The minimum Gasteiger partial charge on any atom is -0.465 e. The van der Waals surface area contributed by atoms with Gasteiger partial charge in [0, 0.05) is 44.0 Å². The van der Waals surface area contributed by atoms with Gasteiger partial charge in [-0.1, -0.05) is 19.4 Å². The summed E-state index contributed by atoms with van der Waals surface area (Å²) in [6, 6.07) is 10.5. The highest BCUT2D eigenvalue weighted by atomic mass is 32.1. The van der Waals surface area contributed by atoms with Gasteiger partial charge in [-0.3, -0.25) is 24.3 Å². The molecule has 2 fully saturated rings. The van der Waals surface area contributed by atoms with Gasteiger partial charge in [0.25, 0.3) is 5.91 Å². The van der Waals surface area contributed by atoms with Crippen LogP contribution in [0.5, 0.6) is 0 Å². The first-order valence-corrected chi connectivity index (χ1v) is 13.4. The van der Waals surface area contributed by atoms with Crippen LogP contribution in [0.3, 0.4) is 0 Å². The first-order valence-electron chi connectivity index (χ1n) is 12.5. The summed E-state index contributed by atoms with van der Waals surface area (Å²) in [5, 5.41) is 1.81. The molecule has 37 heavy (non-hydrogen) atoms. The van der Waals surface area contributed by atoms with Crippen molar-refractivity contribution in [2.45, 2.75) is 25.9 Å². The second-order valence-corrected chi connectivity index (χ2v) is 10.0. The number of aliphatic imine (C=N–C) groups is 1. The third kappa shape index (κ3) is 7.37. The molecule has 3 heterocycles. The van der Waals surface area contributed by atoms with E-state index in [-0.39, 0.29) is 29.9 Å². The van der Waals surface area contributed by atoms with Gasteiger partial charge in [0.2, 0.25) is 0 Å². The number of unbranched alkanes of at least 4 members (excludes halogenated alkanes) is 1. The minimum atomic E-state index is -0.388. The second kappa shape index (κ2) is 12.8. The Morgan fingerprint density at radius 1 is 1.14 bits per heavy atom. The fourth-order valence-corrected chi connectivity index (χ4v) is 4.85. The van der Waals surface area contributed by atoms with Crippen LogP contribution in [0.15, 0.2) is 46.8 Å². The number of esters is 1. The summed E-state index contributed by atoms with van der Waals surface area (Å²) in [6.07, 6.45) is 1.26. The normalized spacial score (nSPS) is 19.2. The van der Waals surface area contributed by atoms with Gasteiger partial charge >= 0.3 is 12.1 Å². The zero-order chi connectivity index (χ0) is 26.2. The number of carbonyl (C=O) groups is 3. The SMILES string of the molecule is CCCCOC(=O)CN1CCN(CC2CN(c3ccc(C(N)=NC(=O)c4cccs4)cc3)C(=O)O2)CC1. The number of carbonyl (C=O) groups excluding carboxylic acids is 3. The van der Waals surface area contributed by atoms with E-state index in [1.807, 2.05) is 5.38 Å². The van der Waals surface area contributed by atoms with Crippen molar-refractivity contribution in [1.29, 1.82) is 0 Å². The Kier molecular flexibility index (Phi) is 9.26. The molecule has 2 aliphatic rings. The summed E-state index contributed by atoms with van der Waals surface area (Å²) in [5.74, 6) is -0.425. The van der Waals surface area contributed by atoms with Crippen molar-refractivity contribution in [1.82, 2.24) is 9.80 Å². The average Bonchev–Trinajstić information content (AvgIpc) is 3.56. The molecule has 11 heteroatoms. The summed E-state index contributed by atoms with van der Waals surface area (Å²) in [5.41, 5.74) is 7.31. The molecule has 1 aromatic heterocycles. The van der Waals surface area contributed by atoms with Gasteiger partial charge < -0.3 is 15.2 Å². The monoisotopic (exact) mass is 527 g/mol. The highest BCUT2D eigenvalue weighted by Crippen LogP contribution is 2.23. The maximum Gasteiger partial charge on any atom is 0.414 e. The van der Waals surface area contributed by atoms with Crippen molar-refractivity contribution in [3.8, 4) is 0 Å². The molecule has 2 aliphatic heterocycles. The average molecular weight is 528 g/mol. The molecular weight excluding hydrogens is 494 g/mol. The number of piperazine rings is 1. The smallest absolute Gasteiger partial charge is 0.414 e. The van der Waals surface area contributed by atoms with Gasteiger partial charge in [-0.05, 0) is 42.1 Å². The number of cyclic esters (lactones) is 1. The number of hydrogen-bond donors (Lipinski definition) is 1. The van der Waals surface area contributed by atoms with Gasteiger partial charge in [-0.2, -0.15) is 4.99 Å². The van der Waals surface area contributed by atoms with E-state index in [0.717, 1.165) is 39.0 Å². The van der Waals surface area contributed by atoms with Gasteiger partial charge in [0.05, 0.1) is 24.6 Å².